The summed E-state index contributed by atoms with van der Waals surface area (Å²) >= 11 is 5.97. The van der Waals surface area contributed by atoms with E-state index in [1.807, 2.05) is 12.1 Å². The average Bonchev–Trinajstić information content (AvgIpc) is 2.61. The molecule has 0 saturated carbocycles. The van der Waals surface area contributed by atoms with Crippen LogP contribution in [0.2, 0.25) is 5.02 Å². The van der Waals surface area contributed by atoms with Crippen molar-refractivity contribution in [3.63, 3.8) is 0 Å². The molecule has 0 unspecified atom stereocenters. The number of carbonyl (C=O) groups is 1. The highest BCUT2D eigenvalue weighted by atomic mass is 35.5. The summed E-state index contributed by atoms with van der Waals surface area (Å²) < 4.78 is 5.25. The molecule has 0 aliphatic carbocycles. The monoisotopic (exact) mass is 325 g/mol. The molecule has 1 aromatic carbocycles. The summed E-state index contributed by atoms with van der Waals surface area (Å²) in [5.41, 5.74) is 2.47. The van der Waals surface area contributed by atoms with Gasteiger partial charge >= 0.3 is 5.97 Å². The van der Waals surface area contributed by atoms with Gasteiger partial charge in [0, 0.05) is 23.0 Å². The second-order valence-corrected chi connectivity index (χ2v) is 5.17. The Hall–Kier alpha value is -2.79. The van der Waals surface area contributed by atoms with E-state index in [0.717, 1.165) is 11.1 Å². The maximum Gasteiger partial charge on any atom is 0.357 e. The van der Waals surface area contributed by atoms with Crippen molar-refractivity contribution in [3.8, 4) is 11.3 Å². The summed E-state index contributed by atoms with van der Waals surface area (Å²) in [7, 11) is 0. The molecular weight excluding hydrogens is 314 g/mol. The Bertz CT molecular complexity index is 825. The van der Waals surface area contributed by atoms with Crippen LogP contribution in [0.5, 0.6) is 0 Å². The number of nitrogens with zero attached hydrogens (tertiary/aromatic N) is 3. The number of pyridine rings is 1. The molecule has 0 radical (unpaired) electrons. The van der Waals surface area contributed by atoms with Crippen LogP contribution in [0.3, 0.4) is 0 Å². The zero-order valence-electron chi connectivity index (χ0n) is 12.0. The molecule has 0 amide bonds. The van der Waals surface area contributed by atoms with Gasteiger partial charge in [-0.25, -0.2) is 14.8 Å². The number of carbonyl (C=O) groups excluding carboxylic acids is 1. The molecule has 0 aliphatic heterocycles. The topological polar surface area (TPSA) is 65.0 Å². The first-order valence-electron chi connectivity index (χ1n) is 6.86. The normalized spacial score (nSPS) is 10.3. The van der Waals surface area contributed by atoms with E-state index in [1.165, 1.54) is 6.33 Å². The van der Waals surface area contributed by atoms with Crippen LogP contribution >= 0.6 is 11.6 Å². The summed E-state index contributed by atoms with van der Waals surface area (Å²) in [6.07, 6.45) is 4.62. The highest BCUT2D eigenvalue weighted by Gasteiger charge is 2.11. The second kappa shape index (κ2) is 6.98. The van der Waals surface area contributed by atoms with Gasteiger partial charge in [-0.15, -0.1) is 0 Å². The lowest BCUT2D eigenvalue weighted by Crippen LogP contribution is -2.08. The van der Waals surface area contributed by atoms with Crippen LogP contribution in [0.4, 0.5) is 0 Å². The van der Waals surface area contributed by atoms with Crippen LogP contribution in [-0.2, 0) is 11.3 Å². The van der Waals surface area contributed by atoms with E-state index in [4.69, 9.17) is 16.3 Å². The van der Waals surface area contributed by atoms with Crippen molar-refractivity contribution in [2.24, 2.45) is 0 Å². The molecule has 3 aromatic rings. The van der Waals surface area contributed by atoms with Gasteiger partial charge in [-0.2, -0.15) is 0 Å². The maximum absolute atomic E-state index is 12.1. The van der Waals surface area contributed by atoms with E-state index in [-0.39, 0.29) is 12.3 Å². The second-order valence-electron chi connectivity index (χ2n) is 4.73. The molecule has 2 heterocycles. The standard InChI is InChI=1S/C17H12ClN3O2/c18-14-3-1-2-13(8-14)15-9-16(21-11-20-15)17(22)23-10-12-4-6-19-7-5-12/h1-9,11H,10H2. The summed E-state index contributed by atoms with van der Waals surface area (Å²) in [6, 6.07) is 12.4. The third-order valence-electron chi connectivity index (χ3n) is 3.12. The zero-order chi connectivity index (χ0) is 16.1. The smallest absolute Gasteiger partial charge is 0.357 e. The molecule has 0 saturated heterocycles. The highest BCUT2D eigenvalue weighted by molar-refractivity contribution is 6.30. The number of hydrogen-bond acceptors (Lipinski definition) is 5. The fraction of sp³-hybridized carbons (Fsp3) is 0.0588. The Morgan fingerprint density at radius 3 is 2.70 bits per heavy atom. The van der Waals surface area contributed by atoms with E-state index in [2.05, 4.69) is 15.0 Å². The number of hydrogen-bond donors (Lipinski definition) is 0. The lowest BCUT2D eigenvalue weighted by molar-refractivity contribution is 0.0465. The lowest BCUT2D eigenvalue weighted by atomic mass is 10.1. The lowest BCUT2D eigenvalue weighted by Gasteiger charge is -2.06. The Balaban J connectivity index is 1.75. The SMILES string of the molecule is O=C(OCc1ccncc1)c1cc(-c2cccc(Cl)c2)ncn1. The Morgan fingerprint density at radius 2 is 1.91 bits per heavy atom. The predicted molar refractivity (Wildman–Crippen MR) is 85.8 cm³/mol. The molecule has 0 bridgehead atoms. The quantitative estimate of drug-likeness (QED) is 0.686. The first-order valence-corrected chi connectivity index (χ1v) is 7.24. The molecule has 23 heavy (non-hydrogen) atoms. The van der Waals surface area contributed by atoms with E-state index < -0.39 is 5.97 Å². The highest BCUT2D eigenvalue weighted by Crippen LogP contribution is 2.21. The molecule has 3 rings (SSSR count). The van der Waals surface area contributed by atoms with Gasteiger partial charge in [0.25, 0.3) is 0 Å². The molecule has 0 N–H and O–H groups in total. The molecule has 5 nitrogen and oxygen atoms in total. The van der Waals surface area contributed by atoms with Gasteiger partial charge in [0.05, 0.1) is 5.69 Å². The molecule has 0 aliphatic rings. The molecule has 2 aromatic heterocycles. The van der Waals surface area contributed by atoms with Gasteiger partial charge < -0.3 is 4.74 Å². The fourth-order valence-electron chi connectivity index (χ4n) is 1.98. The van der Waals surface area contributed by atoms with Crippen LogP contribution < -0.4 is 0 Å². The van der Waals surface area contributed by atoms with Crippen molar-refractivity contribution >= 4 is 17.6 Å². The minimum atomic E-state index is -0.507. The van der Waals surface area contributed by atoms with E-state index in [1.54, 1.807) is 42.7 Å². The maximum atomic E-state index is 12.1. The number of rotatable bonds is 4. The first kappa shape index (κ1) is 15.1. The molecule has 0 atom stereocenters. The van der Waals surface area contributed by atoms with Crippen LogP contribution in [0.1, 0.15) is 16.1 Å². The van der Waals surface area contributed by atoms with Crippen molar-refractivity contribution in [1.82, 2.24) is 15.0 Å². The molecule has 0 spiro atoms. The van der Waals surface area contributed by atoms with Crippen molar-refractivity contribution in [2.75, 3.05) is 0 Å². The van der Waals surface area contributed by atoms with Gasteiger partial charge in [0.1, 0.15) is 12.9 Å². The number of ether oxygens (including phenoxy) is 1. The summed E-state index contributed by atoms with van der Waals surface area (Å²) in [6.45, 7) is 0.165. The Kier molecular flexibility index (Phi) is 4.59. The van der Waals surface area contributed by atoms with Crippen molar-refractivity contribution < 1.29 is 9.53 Å². The molecule has 0 fully saturated rings. The Labute approximate surface area is 138 Å². The minimum absolute atomic E-state index is 0.165. The van der Waals surface area contributed by atoms with Crippen molar-refractivity contribution in [3.05, 3.63) is 77.5 Å². The first-order chi connectivity index (χ1) is 11.2. The molecule has 6 heteroatoms. The van der Waals surface area contributed by atoms with E-state index in [9.17, 15) is 4.79 Å². The predicted octanol–water partition coefficient (Wildman–Crippen LogP) is 3.55. The fourth-order valence-corrected chi connectivity index (χ4v) is 2.17. The van der Waals surface area contributed by atoms with Crippen LogP contribution in [-0.4, -0.2) is 20.9 Å². The Morgan fingerprint density at radius 1 is 1.09 bits per heavy atom. The van der Waals surface area contributed by atoms with Gasteiger partial charge in [-0.05, 0) is 35.9 Å². The third kappa shape index (κ3) is 3.90. The zero-order valence-corrected chi connectivity index (χ0v) is 12.8. The number of aromatic nitrogens is 3. The van der Waals surface area contributed by atoms with Gasteiger partial charge in [0.2, 0.25) is 0 Å². The summed E-state index contributed by atoms with van der Waals surface area (Å²) in [5.74, 6) is -0.507. The number of benzene rings is 1. The molecular formula is C17H12ClN3O2. The van der Waals surface area contributed by atoms with Gasteiger partial charge in [-0.1, -0.05) is 23.7 Å². The van der Waals surface area contributed by atoms with Gasteiger partial charge in [-0.3, -0.25) is 4.98 Å². The van der Waals surface area contributed by atoms with E-state index >= 15 is 0 Å². The van der Waals surface area contributed by atoms with Crippen molar-refractivity contribution in [2.45, 2.75) is 6.61 Å². The van der Waals surface area contributed by atoms with Crippen molar-refractivity contribution in [1.29, 1.82) is 0 Å². The largest absolute Gasteiger partial charge is 0.456 e. The van der Waals surface area contributed by atoms with Gasteiger partial charge in [0.15, 0.2) is 5.69 Å². The van der Waals surface area contributed by atoms with E-state index in [0.29, 0.717) is 10.7 Å². The average molecular weight is 326 g/mol. The van der Waals surface area contributed by atoms with Crippen LogP contribution in [0, 0.1) is 0 Å². The van der Waals surface area contributed by atoms with Crippen LogP contribution in [0.25, 0.3) is 11.3 Å². The molecule has 114 valence electrons. The summed E-state index contributed by atoms with van der Waals surface area (Å²) in [4.78, 5) is 24.2. The van der Waals surface area contributed by atoms with Crippen LogP contribution in [0.15, 0.2) is 61.2 Å². The number of halogens is 1. The summed E-state index contributed by atoms with van der Waals surface area (Å²) in [5, 5.41) is 0.600. The number of esters is 1. The third-order valence-corrected chi connectivity index (χ3v) is 3.35. The minimum Gasteiger partial charge on any atom is -0.456 e.